The molecule has 3 rings (SSSR count). The van der Waals surface area contributed by atoms with E-state index in [0.717, 1.165) is 18.8 Å². The second kappa shape index (κ2) is 6.18. The topological polar surface area (TPSA) is 42.7 Å². The zero-order valence-corrected chi connectivity index (χ0v) is 12.0. The van der Waals surface area contributed by atoms with E-state index in [1.54, 1.807) is 0 Å². The Balaban J connectivity index is 1.52. The Morgan fingerprint density at radius 2 is 2.10 bits per heavy atom. The van der Waals surface area contributed by atoms with E-state index < -0.39 is 0 Å². The van der Waals surface area contributed by atoms with Crippen LogP contribution < -0.4 is 5.32 Å². The molecule has 1 aliphatic carbocycles. The second-order valence-corrected chi connectivity index (χ2v) is 5.63. The minimum absolute atomic E-state index is 0.629. The van der Waals surface area contributed by atoms with Crippen LogP contribution in [0.4, 0.5) is 0 Å². The van der Waals surface area contributed by atoms with Gasteiger partial charge in [0.15, 0.2) is 0 Å². The van der Waals surface area contributed by atoms with Gasteiger partial charge in [-0.05, 0) is 43.0 Å². The van der Waals surface area contributed by atoms with Gasteiger partial charge in [0.2, 0.25) is 0 Å². The van der Waals surface area contributed by atoms with Crippen molar-refractivity contribution < 1.29 is 0 Å². The summed E-state index contributed by atoms with van der Waals surface area (Å²) in [5, 5.41) is 8.13. The number of hydrogen-bond donors (Lipinski definition) is 1. The van der Waals surface area contributed by atoms with Gasteiger partial charge in [-0.3, -0.25) is 9.67 Å². The van der Waals surface area contributed by atoms with E-state index in [1.807, 2.05) is 18.5 Å². The highest BCUT2D eigenvalue weighted by atomic mass is 15.3. The van der Waals surface area contributed by atoms with E-state index in [9.17, 15) is 0 Å². The molecule has 0 saturated heterocycles. The van der Waals surface area contributed by atoms with Crippen LogP contribution in [0.3, 0.4) is 0 Å². The van der Waals surface area contributed by atoms with Gasteiger partial charge < -0.3 is 5.32 Å². The van der Waals surface area contributed by atoms with Crippen LogP contribution in [0.15, 0.2) is 30.7 Å². The van der Waals surface area contributed by atoms with Gasteiger partial charge in [-0.2, -0.15) is 5.10 Å². The zero-order valence-electron chi connectivity index (χ0n) is 12.0. The normalized spacial score (nSPS) is 15.8. The minimum atomic E-state index is 0.629. The molecule has 2 heterocycles. The number of rotatable bonds is 5. The molecule has 0 bridgehead atoms. The minimum Gasteiger partial charge on any atom is -0.307 e. The molecule has 2 aromatic rings. The first-order valence-corrected chi connectivity index (χ1v) is 7.47. The van der Waals surface area contributed by atoms with Gasteiger partial charge in [0.25, 0.3) is 0 Å². The Kier molecular flexibility index (Phi) is 4.11. The Labute approximate surface area is 120 Å². The summed E-state index contributed by atoms with van der Waals surface area (Å²) in [5.41, 5.74) is 3.66. The molecule has 1 N–H and O–H groups in total. The number of pyridine rings is 1. The average molecular weight is 270 g/mol. The maximum atomic E-state index is 4.68. The summed E-state index contributed by atoms with van der Waals surface area (Å²) in [7, 11) is 0. The molecule has 106 valence electrons. The molecule has 2 aromatic heterocycles. The van der Waals surface area contributed by atoms with Crippen LogP contribution in [0.5, 0.6) is 0 Å². The van der Waals surface area contributed by atoms with Crippen LogP contribution in [0.1, 0.15) is 48.5 Å². The Hall–Kier alpha value is -1.68. The molecule has 0 amide bonds. The van der Waals surface area contributed by atoms with Gasteiger partial charge in [0.1, 0.15) is 0 Å². The Bertz CT molecular complexity index is 555. The first kappa shape index (κ1) is 13.3. The molecule has 0 atom stereocenters. The lowest BCUT2D eigenvalue weighted by atomic mass is 10.1. The first-order valence-electron chi connectivity index (χ1n) is 7.47. The van der Waals surface area contributed by atoms with Crippen molar-refractivity contribution in [2.75, 3.05) is 0 Å². The smallest absolute Gasteiger partial charge is 0.0762 e. The van der Waals surface area contributed by atoms with Crippen LogP contribution >= 0.6 is 0 Å². The Morgan fingerprint density at radius 3 is 2.90 bits per heavy atom. The third-order valence-electron chi connectivity index (χ3n) is 4.13. The van der Waals surface area contributed by atoms with Gasteiger partial charge >= 0.3 is 0 Å². The van der Waals surface area contributed by atoms with Crippen LogP contribution in [-0.2, 0) is 13.1 Å². The number of hydrogen-bond acceptors (Lipinski definition) is 3. The maximum Gasteiger partial charge on any atom is 0.0762 e. The second-order valence-electron chi connectivity index (χ2n) is 5.63. The van der Waals surface area contributed by atoms with Crippen LogP contribution in [0.2, 0.25) is 0 Å². The number of nitrogens with zero attached hydrogens (tertiary/aromatic N) is 3. The quantitative estimate of drug-likeness (QED) is 0.908. The van der Waals surface area contributed by atoms with Crippen molar-refractivity contribution in [3.8, 4) is 0 Å². The van der Waals surface area contributed by atoms with Crippen LogP contribution in [0.25, 0.3) is 0 Å². The molecule has 4 nitrogen and oxygen atoms in total. The molecule has 0 spiro atoms. The highest BCUT2D eigenvalue weighted by Gasteiger charge is 2.17. The molecular weight excluding hydrogens is 248 g/mol. The SMILES string of the molecule is Cc1ccncc1CNCc1ccn(C2CCCC2)n1. The van der Waals surface area contributed by atoms with Gasteiger partial charge in [-0.15, -0.1) is 0 Å². The molecule has 0 radical (unpaired) electrons. The lowest BCUT2D eigenvalue weighted by molar-refractivity contribution is 0.460. The number of nitrogens with one attached hydrogen (secondary N) is 1. The Morgan fingerprint density at radius 1 is 1.25 bits per heavy atom. The van der Waals surface area contributed by atoms with E-state index in [2.05, 4.69) is 39.3 Å². The van der Waals surface area contributed by atoms with E-state index in [1.165, 1.54) is 36.8 Å². The molecule has 20 heavy (non-hydrogen) atoms. The summed E-state index contributed by atoms with van der Waals surface area (Å²) >= 11 is 0. The maximum absolute atomic E-state index is 4.68. The van der Waals surface area contributed by atoms with Gasteiger partial charge in [0, 0.05) is 31.7 Å². The molecular formula is C16H22N4. The van der Waals surface area contributed by atoms with Gasteiger partial charge in [0.05, 0.1) is 11.7 Å². The van der Waals surface area contributed by atoms with Gasteiger partial charge in [-0.25, -0.2) is 0 Å². The van der Waals surface area contributed by atoms with Crippen LogP contribution in [0, 0.1) is 6.92 Å². The molecule has 0 aromatic carbocycles. The van der Waals surface area contributed by atoms with E-state index in [-0.39, 0.29) is 0 Å². The number of aromatic nitrogens is 3. The highest BCUT2D eigenvalue weighted by molar-refractivity contribution is 5.21. The first-order chi connectivity index (χ1) is 9.83. The fourth-order valence-electron chi connectivity index (χ4n) is 2.85. The molecule has 1 fully saturated rings. The van der Waals surface area contributed by atoms with Crippen molar-refractivity contribution in [3.05, 3.63) is 47.5 Å². The summed E-state index contributed by atoms with van der Waals surface area (Å²) in [4.78, 5) is 4.17. The third kappa shape index (κ3) is 3.07. The zero-order chi connectivity index (χ0) is 13.8. The largest absolute Gasteiger partial charge is 0.307 e. The molecule has 1 aliphatic rings. The van der Waals surface area contributed by atoms with Crippen LogP contribution in [-0.4, -0.2) is 14.8 Å². The van der Waals surface area contributed by atoms with Crippen molar-refractivity contribution in [2.24, 2.45) is 0 Å². The summed E-state index contributed by atoms with van der Waals surface area (Å²) in [6.07, 6.45) is 11.1. The van der Waals surface area contributed by atoms with Crippen molar-refractivity contribution in [1.82, 2.24) is 20.1 Å². The van der Waals surface area contributed by atoms with E-state index in [4.69, 9.17) is 0 Å². The lowest BCUT2D eigenvalue weighted by Gasteiger charge is -2.09. The summed E-state index contributed by atoms with van der Waals surface area (Å²) in [6, 6.07) is 4.80. The average Bonchev–Trinajstić information content (AvgIpc) is 3.11. The summed E-state index contributed by atoms with van der Waals surface area (Å²) < 4.78 is 2.15. The molecule has 0 aliphatic heterocycles. The van der Waals surface area contributed by atoms with Gasteiger partial charge in [-0.1, -0.05) is 12.8 Å². The van der Waals surface area contributed by atoms with E-state index in [0.29, 0.717) is 6.04 Å². The van der Waals surface area contributed by atoms with Crippen molar-refractivity contribution >= 4 is 0 Å². The predicted molar refractivity (Wildman–Crippen MR) is 79.2 cm³/mol. The standard InChI is InChI=1S/C16H22N4/c1-13-6-8-17-10-14(13)11-18-12-15-7-9-20(19-15)16-4-2-3-5-16/h6-10,16,18H,2-5,11-12H2,1H3. The van der Waals surface area contributed by atoms with Crippen molar-refractivity contribution in [2.45, 2.75) is 51.7 Å². The van der Waals surface area contributed by atoms with Crippen molar-refractivity contribution in [3.63, 3.8) is 0 Å². The molecule has 0 unspecified atom stereocenters. The highest BCUT2D eigenvalue weighted by Crippen LogP contribution is 2.28. The molecule has 1 saturated carbocycles. The summed E-state index contributed by atoms with van der Waals surface area (Å²) in [6.45, 7) is 3.78. The monoisotopic (exact) mass is 270 g/mol. The van der Waals surface area contributed by atoms with E-state index >= 15 is 0 Å². The molecule has 4 heteroatoms. The fraction of sp³-hybridized carbons (Fsp3) is 0.500. The lowest BCUT2D eigenvalue weighted by Crippen LogP contribution is -2.15. The fourth-order valence-corrected chi connectivity index (χ4v) is 2.85. The van der Waals surface area contributed by atoms with Crippen molar-refractivity contribution in [1.29, 1.82) is 0 Å². The third-order valence-corrected chi connectivity index (χ3v) is 4.13. The summed E-state index contributed by atoms with van der Waals surface area (Å²) in [5.74, 6) is 0. The number of aryl methyl sites for hydroxylation is 1. The predicted octanol–water partition coefficient (Wildman–Crippen LogP) is 2.99.